The standard InChI is InChI=1S/C17H20ClFN2O4S/c18-13-2-1-3-14(19)16(13)11-8-12(11)17(23)20-6-4-15(22)21-10-5-7-26(24,25)9-10/h1-3,10-12H,4-9H2,(H,20,23)(H,21,22)/t10-,11+,12-/m1/s1. The summed E-state index contributed by atoms with van der Waals surface area (Å²) >= 11 is 6.01. The number of hydrogen-bond acceptors (Lipinski definition) is 4. The lowest BCUT2D eigenvalue weighted by Gasteiger charge is -2.11. The Morgan fingerprint density at radius 3 is 2.73 bits per heavy atom. The van der Waals surface area contributed by atoms with Crippen LogP contribution < -0.4 is 10.6 Å². The Morgan fingerprint density at radius 1 is 1.31 bits per heavy atom. The normalized spacial score (nSPS) is 26.3. The summed E-state index contributed by atoms with van der Waals surface area (Å²) in [6.07, 6.45) is 1.02. The van der Waals surface area contributed by atoms with Crippen LogP contribution in [0.4, 0.5) is 4.39 Å². The van der Waals surface area contributed by atoms with Gasteiger partial charge in [0, 0.05) is 41.4 Å². The van der Waals surface area contributed by atoms with Crippen molar-refractivity contribution in [2.75, 3.05) is 18.1 Å². The van der Waals surface area contributed by atoms with Gasteiger partial charge in [-0.3, -0.25) is 9.59 Å². The minimum atomic E-state index is -3.04. The van der Waals surface area contributed by atoms with Crippen LogP contribution in [0.25, 0.3) is 0 Å². The van der Waals surface area contributed by atoms with Gasteiger partial charge in [-0.15, -0.1) is 0 Å². The van der Waals surface area contributed by atoms with E-state index in [-0.39, 0.29) is 54.2 Å². The van der Waals surface area contributed by atoms with Crippen molar-refractivity contribution in [3.8, 4) is 0 Å². The van der Waals surface area contributed by atoms with E-state index in [0.717, 1.165) is 0 Å². The number of carbonyl (C=O) groups excluding carboxylic acids is 2. The van der Waals surface area contributed by atoms with Crippen LogP contribution in [0, 0.1) is 11.7 Å². The maximum absolute atomic E-state index is 13.9. The first-order chi connectivity index (χ1) is 12.3. The Balaban J connectivity index is 1.41. The maximum Gasteiger partial charge on any atom is 0.223 e. The monoisotopic (exact) mass is 402 g/mol. The number of hydrogen-bond donors (Lipinski definition) is 2. The van der Waals surface area contributed by atoms with Gasteiger partial charge >= 0.3 is 0 Å². The lowest BCUT2D eigenvalue weighted by atomic mass is 10.1. The van der Waals surface area contributed by atoms with E-state index in [0.29, 0.717) is 23.4 Å². The average molecular weight is 403 g/mol. The van der Waals surface area contributed by atoms with Crippen LogP contribution in [0.2, 0.25) is 5.02 Å². The van der Waals surface area contributed by atoms with E-state index in [9.17, 15) is 22.4 Å². The van der Waals surface area contributed by atoms with Crippen LogP contribution in [-0.4, -0.2) is 44.3 Å². The van der Waals surface area contributed by atoms with Crippen molar-refractivity contribution in [1.29, 1.82) is 0 Å². The zero-order valence-corrected chi connectivity index (χ0v) is 15.6. The number of benzene rings is 1. The first-order valence-electron chi connectivity index (χ1n) is 8.48. The fraction of sp³-hybridized carbons (Fsp3) is 0.529. The van der Waals surface area contributed by atoms with Crippen LogP contribution in [0.5, 0.6) is 0 Å². The van der Waals surface area contributed by atoms with Gasteiger partial charge in [-0.25, -0.2) is 12.8 Å². The van der Waals surface area contributed by atoms with Crippen molar-refractivity contribution in [1.82, 2.24) is 10.6 Å². The number of halogens is 2. The second-order valence-electron chi connectivity index (χ2n) is 6.79. The highest BCUT2D eigenvalue weighted by molar-refractivity contribution is 7.91. The molecule has 9 heteroatoms. The van der Waals surface area contributed by atoms with E-state index < -0.39 is 15.7 Å². The van der Waals surface area contributed by atoms with Gasteiger partial charge in [0.25, 0.3) is 0 Å². The van der Waals surface area contributed by atoms with Gasteiger partial charge < -0.3 is 10.6 Å². The Bertz CT molecular complexity index is 810. The summed E-state index contributed by atoms with van der Waals surface area (Å²) in [6, 6.07) is 4.09. The molecule has 1 aromatic rings. The fourth-order valence-corrected chi connectivity index (χ4v) is 5.28. The maximum atomic E-state index is 13.9. The van der Waals surface area contributed by atoms with Gasteiger partial charge in [-0.2, -0.15) is 0 Å². The molecule has 1 saturated carbocycles. The minimum absolute atomic E-state index is 0.0295. The molecule has 0 spiro atoms. The first kappa shape index (κ1) is 19.1. The summed E-state index contributed by atoms with van der Waals surface area (Å²) in [5.41, 5.74) is 0.370. The fourth-order valence-electron chi connectivity index (χ4n) is 3.31. The third kappa shape index (κ3) is 4.54. The first-order valence-corrected chi connectivity index (χ1v) is 10.7. The highest BCUT2D eigenvalue weighted by Gasteiger charge is 2.46. The van der Waals surface area contributed by atoms with Crippen LogP contribution >= 0.6 is 11.6 Å². The van der Waals surface area contributed by atoms with Gasteiger partial charge in [-0.05, 0) is 25.0 Å². The predicted octanol–water partition coefficient (Wildman–Crippen LogP) is 1.39. The van der Waals surface area contributed by atoms with Crippen molar-refractivity contribution < 1.29 is 22.4 Å². The van der Waals surface area contributed by atoms with Crippen LogP contribution in [-0.2, 0) is 19.4 Å². The zero-order valence-electron chi connectivity index (χ0n) is 14.0. The van der Waals surface area contributed by atoms with E-state index in [2.05, 4.69) is 10.6 Å². The molecule has 2 amide bonds. The third-order valence-corrected chi connectivity index (χ3v) is 6.84. The third-order valence-electron chi connectivity index (χ3n) is 4.75. The summed E-state index contributed by atoms with van der Waals surface area (Å²) in [6.45, 7) is 0.151. The molecular weight excluding hydrogens is 383 g/mol. The molecule has 3 rings (SSSR count). The molecule has 0 aromatic heterocycles. The number of nitrogens with one attached hydrogen (secondary N) is 2. The van der Waals surface area contributed by atoms with Crippen molar-refractivity contribution in [2.24, 2.45) is 5.92 Å². The molecule has 1 heterocycles. The number of carbonyl (C=O) groups is 2. The van der Waals surface area contributed by atoms with E-state index in [1.807, 2.05) is 0 Å². The molecule has 1 aliphatic heterocycles. The molecule has 3 atom stereocenters. The van der Waals surface area contributed by atoms with E-state index in [1.165, 1.54) is 12.1 Å². The molecule has 2 aliphatic rings. The van der Waals surface area contributed by atoms with E-state index >= 15 is 0 Å². The van der Waals surface area contributed by atoms with Crippen LogP contribution in [0.15, 0.2) is 18.2 Å². The molecule has 6 nitrogen and oxygen atoms in total. The highest BCUT2D eigenvalue weighted by Crippen LogP contribution is 2.50. The molecule has 26 heavy (non-hydrogen) atoms. The molecule has 2 fully saturated rings. The van der Waals surface area contributed by atoms with Crippen LogP contribution in [0.3, 0.4) is 0 Å². The van der Waals surface area contributed by atoms with E-state index in [4.69, 9.17) is 11.6 Å². The topological polar surface area (TPSA) is 92.3 Å². The van der Waals surface area contributed by atoms with E-state index in [1.54, 1.807) is 6.07 Å². The van der Waals surface area contributed by atoms with Crippen molar-refractivity contribution in [3.63, 3.8) is 0 Å². The van der Waals surface area contributed by atoms with Crippen molar-refractivity contribution in [3.05, 3.63) is 34.6 Å². The summed E-state index contributed by atoms with van der Waals surface area (Å²) in [5.74, 6) is -1.45. The molecule has 1 aromatic carbocycles. The Labute approximate surface area is 156 Å². The van der Waals surface area contributed by atoms with Crippen LogP contribution in [0.1, 0.15) is 30.7 Å². The lowest BCUT2D eigenvalue weighted by molar-refractivity contribution is -0.123. The summed E-state index contributed by atoms with van der Waals surface area (Å²) in [4.78, 5) is 24.0. The molecule has 1 saturated heterocycles. The number of amides is 2. The second-order valence-corrected chi connectivity index (χ2v) is 9.43. The molecular formula is C17H20ClFN2O4S. The van der Waals surface area contributed by atoms with Gasteiger partial charge in [0.2, 0.25) is 11.8 Å². The van der Waals surface area contributed by atoms with Gasteiger partial charge in [0.15, 0.2) is 9.84 Å². The Kier molecular flexibility index (Phi) is 5.53. The average Bonchev–Trinajstić information content (AvgIpc) is 3.25. The molecule has 142 valence electrons. The zero-order chi connectivity index (χ0) is 18.9. The highest BCUT2D eigenvalue weighted by atomic mass is 35.5. The van der Waals surface area contributed by atoms with Gasteiger partial charge in [-0.1, -0.05) is 17.7 Å². The molecule has 0 radical (unpaired) electrons. The molecule has 0 unspecified atom stereocenters. The molecule has 1 aliphatic carbocycles. The smallest absolute Gasteiger partial charge is 0.223 e. The largest absolute Gasteiger partial charge is 0.355 e. The minimum Gasteiger partial charge on any atom is -0.355 e. The van der Waals surface area contributed by atoms with Gasteiger partial charge in [0.05, 0.1) is 11.5 Å². The Hall–Kier alpha value is -1.67. The summed E-state index contributed by atoms with van der Waals surface area (Å²) in [7, 11) is -3.04. The molecule has 0 bridgehead atoms. The van der Waals surface area contributed by atoms with Gasteiger partial charge in [0.1, 0.15) is 5.82 Å². The number of sulfone groups is 1. The predicted molar refractivity (Wildman–Crippen MR) is 95.1 cm³/mol. The lowest BCUT2D eigenvalue weighted by Crippen LogP contribution is -2.38. The Morgan fingerprint density at radius 2 is 2.08 bits per heavy atom. The quantitative estimate of drug-likeness (QED) is 0.752. The summed E-state index contributed by atoms with van der Waals surface area (Å²) in [5, 5.41) is 5.65. The number of rotatable bonds is 6. The van der Waals surface area contributed by atoms with Crippen molar-refractivity contribution >= 4 is 33.3 Å². The molecule has 2 N–H and O–H groups in total. The van der Waals surface area contributed by atoms with Crippen molar-refractivity contribution in [2.45, 2.75) is 31.2 Å². The summed E-state index contributed by atoms with van der Waals surface area (Å²) < 4.78 is 36.6. The second kappa shape index (κ2) is 7.52. The SMILES string of the molecule is O=C(CCNC(=O)[C@@H]1C[C@@H]1c1c(F)cccc1Cl)N[C@@H]1CCS(=O)(=O)C1.